The van der Waals surface area contributed by atoms with Crippen molar-refractivity contribution in [3.8, 4) is 11.1 Å². The second-order valence-corrected chi connectivity index (χ2v) is 9.08. The molecular weight excluding hydrogens is 432 g/mol. The van der Waals surface area contributed by atoms with E-state index >= 15 is 0 Å². The summed E-state index contributed by atoms with van der Waals surface area (Å²) < 4.78 is 5.53. The molecular formula is C27H32N2O5. The van der Waals surface area contributed by atoms with Crippen molar-refractivity contribution in [3.63, 3.8) is 0 Å². The molecule has 2 aromatic rings. The Bertz CT molecular complexity index is 992. The Balaban J connectivity index is 1.13. The van der Waals surface area contributed by atoms with Crippen molar-refractivity contribution >= 4 is 18.0 Å². The average molecular weight is 465 g/mol. The molecule has 1 aliphatic carbocycles. The number of ether oxygens (including phenoxy) is 1. The van der Waals surface area contributed by atoms with Crippen LogP contribution in [-0.2, 0) is 14.3 Å². The molecule has 2 aliphatic rings. The number of amides is 2. The quantitative estimate of drug-likeness (QED) is 0.536. The van der Waals surface area contributed by atoms with E-state index in [2.05, 4.69) is 29.6 Å². The summed E-state index contributed by atoms with van der Waals surface area (Å²) in [6, 6.07) is 16.5. The maximum atomic E-state index is 12.3. The summed E-state index contributed by atoms with van der Waals surface area (Å²) in [4.78, 5) is 37.4. The van der Waals surface area contributed by atoms with Crippen LogP contribution in [0.4, 0.5) is 4.79 Å². The molecule has 7 heteroatoms. The lowest BCUT2D eigenvalue weighted by Crippen LogP contribution is -2.42. The zero-order valence-electron chi connectivity index (χ0n) is 19.4. The number of carbonyl (C=O) groups excluding carboxylic acids is 2. The number of nitrogens with zero attached hydrogens (tertiary/aromatic N) is 1. The van der Waals surface area contributed by atoms with Gasteiger partial charge in [-0.15, -0.1) is 0 Å². The molecule has 1 unspecified atom stereocenters. The molecule has 2 aromatic carbocycles. The molecule has 180 valence electrons. The van der Waals surface area contributed by atoms with Crippen LogP contribution in [0.25, 0.3) is 11.1 Å². The van der Waals surface area contributed by atoms with Gasteiger partial charge in [0.05, 0.1) is 5.92 Å². The van der Waals surface area contributed by atoms with Gasteiger partial charge in [0.1, 0.15) is 6.61 Å². The maximum Gasteiger partial charge on any atom is 0.407 e. The van der Waals surface area contributed by atoms with Crippen LogP contribution < -0.4 is 5.32 Å². The van der Waals surface area contributed by atoms with E-state index in [1.54, 1.807) is 4.90 Å². The van der Waals surface area contributed by atoms with Gasteiger partial charge >= 0.3 is 12.1 Å². The zero-order chi connectivity index (χ0) is 23.9. The smallest absolute Gasteiger partial charge is 0.407 e. The molecule has 0 radical (unpaired) electrons. The summed E-state index contributed by atoms with van der Waals surface area (Å²) in [6.45, 7) is 1.75. The Kier molecular flexibility index (Phi) is 7.83. The standard InChI is InChI=1S/C27H32N2O5/c30-25(29-16-8-9-19(17-29)26(31)32)14-2-1-7-15-28-27(33)34-18-24-22-12-5-3-10-20(22)21-11-4-6-13-23(21)24/h3-6,10-13,19,24H,1-2,7-9,14-18H2,(H,28,33)(H,31,32). The number of piperidine rings is 1. The minimum atomic E-state index is -0.822. The first-order valence-electron chi connectivity index (χ1n) is 12.1. The Morgan fingerprint density at radius 2 is 1.65 bits per heavy atom. The summed E-state index contributed by atoms with van der Waals surface area (Å²) in [7, 11) is 0. The van der Waals surface area contributed by atoms with Crippen LogP contribution >= 0.6 is 0 Å². The number of likely N-dealkylation sites (tertiary alicyclic amines) is 1. The van der Waals surface area contributed by atoms with Crippen molar-refractivity contribution in [2.24, 2.45) is 5.92 Å². The van der Waals surface area contributed by atoms with Gasteiger partial charge in [0.2, 0.25) is 5.91 Å². The molecule has 34 heavy (non-hydrogen) atoms. The number of rotatable bonds is 9. The third-order valence-electron chi connectivity index (χ3n) is 6.80. The lowest BCUT2D eigenvalue weighted by atomic mass is 9.98. The molecule has 0 saturated carbocycles. The Morgan fingerprint density at radius 3 is 2.32 bits per heavy atom. The number of hydrogen-bond acceptors (Lipinski definition) is 4. The lowest BCUT2D eigenvalue weighted by Gasteiger charge is -2.30. The molecule has 7 nitrogen and oxygen atoms in total. The van der Waals surface area contributed by atoms with E-state index in [1.165, 1.54) is 22.3 Å². The van der Waals surface area contributed by atoms with E-state index in [4.69, 9.17) is 9.84 Å². The predicted molar refractivity (Wildman–Crippen MR) is 128 cm³/mol. The molecule has 1 atom stereocenters. The van der Waals surface area contributed by atoms with Gasteiger partial charge in [0.15, 0.2) is 0 Å². The number of carbonyl (C=O) groups is 3. The fourth-order valence-corrected chi connectivity index (χ4v) is 4.98. The lowest BCUT2D eigenvalue weighted by molar-refractivity contribution is -0.145. The average Bonchev–Trinajstić information content (AvgIpc) is 3.18. The molecule has 2 amide bonds. The summed E-state index contributed by atoms with van der Waals surface area (Å²) in [5.41, 5.74) is 4.77. The van der Waals surface area contributed by atoms with Crippen molar-refractivity contribution in [3.05, 3.63) is 59.7 Å². The summed E-state index contributed by atoms with van der Waals surface area (Å²) in [6.07, 6.45) is 3.66. The largest absolute Gasteiger partial charge is 0.481 e. The van der Waals surface area contributed by atoms with Crippen LogP contribution in [-0.4, -0.2) is 54.2 Å². The van der Waals surface area contributed by atoms with Crippen molar-refractivity contribution in [1.29, 1.82) is 0 Å². The van der Waals surface area contributed by atoms with Crippen molar-refractivity contribution in [1.82, 2.24) is 10.2 Å². The summed E-state index contributed by atoms with van der Waals surface area (Å²) in [5, 5.41) is 12.0. The van der Waals surface area contributed by atoms with Crippen LogP contribution in [0.15, 0.2) is 48.5 Å². The van der Waals surface area contributed by atoms with Gasteiger partial charge in [-0.1, -0.05) is 55.0 Å². The molecule has 0 spiro atoms. The number of alkyl carbamates (subject to hydrolysis) is 1. The Morgan fingerprint density at radius 1 is 0.971 bits per heavy atom. The van der Waals surface area contributed by atoms with Gasteiger partial charge in [0, 0.05) is 32.0 Å². The van der Waals surface area contributed by atoms with Crippen molar-refractivity contribution < 1.29 is 24.2 Å². The normalized spacial score (nSPS) is 17.1. The van der Waals surface area contributed by atoms with Crippen LogP contribution in [0.5, 0.6) is 0 Å². The van der Waals surface area contributed by atoms with E-state index in [1.807, 2.05) is 24.3 Å². The zero-order valence-corrected chi connectivity index (χ0v) is 19.4. The van der Waals surface area contributed by atoms with E-state index in [9.17, 15) is 14.4 Å². The minimum absolute atomic E-state index is 0.0236. The van der Waals surface area contributed by atoms with Gasteiger partial charge in [-0.3, -0.25) is 9.59 Å². The molecule has 0 bridgehead atoms. The topological polar surface area (TPSA) is 95.9 Å². The fourth-order valence-electron chi connectivity index (χ4n) is 4.98. The second-order valence-electron chi connectivity index (χ2n) is 9.08. The number of fused-ring (bicyclic) bond motifs is 3. The Labute approximate surface area is 200 Å². The minimum Gasteiger partial charge on any atom is -0.481 e. The highest BCUT2D eigenvalue weighted by Gasteiger charge is 2.29. The van der Waals surface area contributed by atoms with E-state index in [0.717, 1.165) is 25.7 Å². The van der Waals surface area contributed by atoms with Crippen LogP contribution in [0.3, 0.4) is 0 Å². The molecule has 0 aromatic heterocycles. The number of aliphatic carboxylic acids is 1. The molecule has 2 N–H and O–H groups in total. The fraction of sp³-hybridized carbons (Fsp3) is 0.444. The molecule has 1 heterocycles. The summed E-state index contributed by atoms with van der Waals surface area (Å²) >= 11 is 0. The molecule has 1 fully saturated rings. The van der Waals surface area contributed by atoms with E-state index < -0.39 is 18.0 Å². The molecule has 1 aliphatic heterocycles. The van der Waals surface area contributed by atoms with Gasteiger partial charge in [-0.05, 0) is 47.9 Å². The highest BCUT2D eigenvalue weighted by molar-refractivity contribution is 5.79. The van der Waals surface area contributed by atoms with Crippen LogP contribution in [0.2, 0.25) is 0 Å². The first-order valence-corrected chi connectivity index (χ1v) is 12.1. The number of hydrogen-bond donors (Lipinski definition) is 2. The third kappa shape index (κ3) is 5.58. The number of carboxylic acid groups (broad SMARTS) is 1. The first-order chi connectivity index (χ1) is 16.5. The van der Waals surface area contributed by atoms with Gasteiger partial charge in [-0.25, -0.2) is 4.79 Å². The highest BCUT2D eigenvalue weighted by atomic mass is 16.5. The number of benzene rings is 2. The Hall–Kier alpha value is -3.35. The number of nitrogens with one attached hydrogen (secondary N) is 1. The van der Waals surface area contributed by atoms with Gasteiger partial charge in [0.25, 0.3) is 0 Å². The number of unbranched alkanes of at least 4 members (excludes halogenated alkanes) is 2. The van der Waals surface area contributed by atoms with Crippen LogP contribution in [0, 0.1) is 5.92 Å². The molecule has 1 saturated heterocycles. The third-order valence-corrected chi connectivity index (χ3v) is 6.80. The first kappa shape index (κ1) is 23.8. The van der Waals surface area contributed by atoms with Crippen molar-refractivity contribution in [2.45, 2.75) is 44.4 Å². The number of carboxylic acids is 1. The summed E-state index contributed by atoms with van der Waals surface area (Å²) in [5.74, 6) is -1.20. The van der Waals surface area contributed by atoms with Crippen LogP contribution in [0.1, 0.15) is 55.6 Å². The predicted octanol–water partition coefficient (Wildman–Crippen LogP) is 4.41. The highest BCUT2D eigenvalue weighted by Crippen LogP contribution is 2.44. The van der Waals surface area contributed by atoms with Gasteiger partial charge in [-0.2, -0.15) is 0 Å². The monoisotopic (exact) mass is 464 g/mol. The molecule has 4 rings (SSSR count). The van der Waals surface area contributed by atoms with Crippen molar-refractivity contribution in [2.75, 3.05) is 26.2 Å². The second kappa shape index (κ2) is 11.2. The van der Waals surface area contributed by atoms with E-state index in [-0.39, 0.29) is 11.8 Å². The van der Waals surface area contributed by atoms with E-state index in [0.29, 0.717) is 39.1 Å². The maximum absolute atomic E-state index is 12.3. The van der Waals surface area contributed by atoms with Gasteiger partial charge < -0.3 is 20.1 Å². The SMILES string of the molecule is O=C(NCCCCCC(=O)N1CCCC(C(=O)O)C1)OCC1c2ccccc2-c2ccccc21.